The maximum atomic E-state index is 12.7. The first-order valence-corrected chi connectivity index (χ1v) is 7.94. The van der Waals surface area contributed by atoms with Crippen molar-refractivity contribution in [2.24, 2.45) is 0 Å². The molecule has 0 radical (unpaired) electrons. The van der Waals surface area contributed by atoms with Gasteiger partial charge in [0.05, 0.1) is 19.5 Å². The van der Waals surface area contributed by atoms with E-state index in [1.165, 1.54) is 24.0 Å². The number of fused-ring (bicyclic) bond motifs is 1. The van der Waals surface area contributed by atoms with Gasteiger partial charge in [0, 0.05) is 17.5 Å². The lowest BCUT2D eigenvalue weighted by Crippen LogP contribution is -2.19. The van der Waals surface area contributed by atoms with Crippen LogP contribution >= 0.6 is 11.8 Å². The van der Waals surface area contributed by atoms with Gasteiger partial charge in [-0.15, -0.1) is 0 Å². The van der Waals surface area contributed by atoms with Gasteiger partial charge in [0.25, 0.3) is 0 Å². The molecule has 0 saturated carbocycles. The maximum absolute atomic E-state index is 12.7. The average molecular weight is 355 g/mol. The standard InChI is InChI=1S/C16H14F3N3OS/c1-10-13(20-7-6-14(10)23-9-16(17,18)19)8-24-15-21-11-4-2-3-5-12(11)22-15/h2-7H,8-9H2,1H3,(H,21,22)/i9D2. The van der Waals surface area contributed by atoms with Crippen molar-refractivity contribution in [2.75, 3.05) is 6.56 Å². The van der Waals surface area contributed by atoms with Gasteiger partial charge in [-0.05, 0) is 25.1 Å². The molecule has 1 aromatic carbocycles. The number of aromatic nitrogens is 3. The zero-order chi connectivity index (χ0) is 18.9. The molecule has 0 bridgehead atoms. The molecular weight excluding hydrogens is 339 g/mol. The number of aromatic amines is 1. The van der Waals surface area contributed by atoms with E-state index < -0.39 is 12.7 Å². The molecule has 24 heavy (non-hydrogen) atoms. The first-order chi connectivity index (χ1) is 12.2. The Bertz CT molecular complexity index is 897. The third-order valence-electron chi connectivity index (χ3n) is 3.25. The van der Waals surface area contributed by atoms with Crippen molar-refractivity contribution in [3.05, 3.63) is 47.8 Å². The van der Waals surface area contributed by atoms with Crippen LogP contribution in [0.2, 0.25) is 0 Å². The average Bonchev–Trinajstić information content (AvgIpc) is 2.97. The molecule has 1 N–H and O–H groups in total. The fourth-order valence-electron chi connectivity index (χ4n) is 2.06. The van der Waals surface area contributed by atoms with Gasteiger partial charge in [0.1, 0.15) is 5.75 Å². The second-order valence-corrected chi connectivity index (χ2v) is 5.89. The van der Waals surface area contributed by atoms with Gasteiger partial charge >= 0.3 is 6.18 Å². The van der Waals surface area contributed by atoms with Crippen LogP contribution in [0.5, 0.6) is 5.75 Å². The third-order valence-corrected chi connectivity index (χ3v) is 4.13. The van der Waals surface area contributed by atoms with E-state index in [1.54, 1.807) is 6.92 Å². The summed E-state index contributed by atoms with van der Waals surface area (Å²) in [6.07, 6.45) is -3.84. The summed E-state index contributed by atoms with van der Waals surface area (Å²) in [4.78, 5) is 11.7. The smallest absolute Gasteiger partial charge is 0.422 e. The molecule has 0 unspecified atom stereocenters. The zero-order valence-electron chi connectivity index (χ0n) is 14.5. The minimum absolute atomic E-state index is 0.192. The molecule has 4 nitrogen and oxygen atoms in total. The van der Waals surface area contributed by atoms with Crippen LogP contribution in [-0.2, 0) is 5.75 Å². The Kier molecular flexibility index (Phi) is 3.96. The van der Waals surface area contributed by atoms with Gasteiger partial charge in [-0.2, -0.15) is 13.2 Å². The van der Waals surface area contributed by atoms with E-state index in [-0.39, 0.29) is 5.75 Å². The number of alkyl halides is 3. The Labute approximate surface area is 143 Å². The monoisotopic (exact) mass is 355 g/mol. The molecule has 3 aromatic rings. The van der Waals surface area contributed by atoms with Crippen molar-refractivity contribution < 1.29 is 20.6 Å². The largest absolute Gasteiger partial charge is 0.484 e. The van der Waals surface area contributed by atoms with Gasteiger partial charge in [-0.25, -0.2) is 4.98 Å². The van der Waals surface area contributed by atoms with Crippen LogP contribution in [0.4, 0.5) is 13.2 Å². The predicted molar refractivity (Wildman–Crippen MR) is 86.2 cm³/mol. The predicted octanol–water partition coefficient (Wildman–Crippen LogP) is 4.50. The van der Waals surface area contributed by atoms with E-state index >= 15 is 0 Å². The number of H-pyrrole nitrogens is 1. The SMILES string of the molecule is [2H]C([2H])(Oc1ccnc(CSc2nc3ccccc3[nH]2)c1C)C(F)(F)F. The van der Waals surface area contributed by atoms with Gasteiger partial charge in [0.15, 0.2) is 11.7 Å². The summed E-state index contributed by atoms with van der Waals surface area (Å²) in [5.74, 6) is 0.153. The number of nitrogens with one attached hydrogen (secondary N) is 1. The number of halogens is 3. The molecule has 0 atom stereocenters. The van der Waals surface area contributed by atoms with Crippen molar-refractivity contribution in [3.63, 3.8) is 0 Å². The lowest BCUT2D eigenvalue weighted by Gasteiger charge is -2.13. The number of pyridine rings is 1. The minimum Gasteiger partial charge on any atom is -0.484 e. The summed E-state index contributed by atoms with van der Waals surface area (Å²) in [6, 6.07) is 8.74. The van der Waals surface area contributed by atoms with E-state index in [9.17, 15) is 13.2 Å². The van der Waals surface area contributed by atoms with E-state index in [0.29, 0.717) is 22.2 Å². The molecule has 2 heterocycles. The number of rotatable bonds is 5. The first-order valence-electron chi connectivity index (χ1n) is 7.95. The Morgan fingerprint density at radius 1 is 1.29 bits per heavy atom. The molecular formula is C16H14F3N3OS. The number of benzene rings is 1. The Hall–Kier alpha value is -2.22. The summed E-state index contributed by atoms with van der Waals surface area (Å²) >= 11 is 1.34. The molecule has 0 amide bonds. The Morgan fingerprint density at radius 3 is 2.83 bits per heavy atom. The number of nitrogens with zero attached hydrogens (tertiary/aromatic N) is 2. The number of hydrogen-bond donors (Lipinski definition) is 1. The number of para-hydroxylation sites is 2. The van der Waals surface area contributed by atoms with Crippen molar-refractivity contribution in [1.82, 2.24) is 15.0 Å². The molecule has 0 spiro atoms. The Balaban J connectivity index is 1.76. The molecule has 0 aliphatic carbocycles. The van der Waals surface area contributed by atoms with Crippen LogP contribution in [-0.4, -0.2) is 27.7 Å². The van der Waals surface area contributed by atoms with Crippen molar-refractivity contribution >= 4 is 22.8 Å². The highest BCUT2D eigenvalue weighted by Crippen LogP contribution is 2.28. The third kappa shape index (κ3) is 4.00. The van der Waals surface area contributed by atoms with Crippen LogP contribution in [0.3, 0.4) is 0 Å². The number of thioether (sulfide) groups is 1. The minimum atomic E-state index is -5.13. The molecule has 3 rings (SSSR count). The molecule has 0 saturated heterocycles. The van der Waals surface area contributed by atoms with Crippen LogP contribution in [0.25, 0.3) is 11.0 Å². The second kappa shape index (κ2) is 6.72. The van der Waals surface area contributed by atoms with Crippen molar-refractivity contribution in [2.45, 2.75) is 24.0 Å². The van der Waals surface area contributed by atoms with Crippen LogP contribution < -0.4 is 4.74 Å². The summed E-state index contributed by atoms with van der Waals surface area (Å²) < 4.78 is 56.8. The Morgan fingerprint density at radius 2 is 2.08 bits per heavy atom. The molecule has 2 aromatic heterocycles. The lowest BCUT2D eigenvalue weighted by molar-refractivity contribution is -0.153. The number of hydrogen-bond acceptors (Lipinski definition) is 4. The quantitative estimate of drug-likeness (QED) is 0.685. The summed E-state index contributed by atoms with van der Waals surface area (Å²) in [6.45, 7) is -2.23. The van der Waals surface area contributed by atoms with E-state index in [2.05, 4.69) is 19.7 Å². The zero-order valence-corrected chi connectivity index (χ0v) is 13.3. The van der Waals surface area contributed by atoms with Crippen LogP contribution in [0.15, 0.2) is 41.7 Å². The number of imidazole rings is 1. The lowest BCUT2D eigenvalue weighted by atomic mass is 10.2. The van der Waals surface area contributed by atoms with E-state index in [4.69, 9.17) is 2.74 Å². The van der Waals surface area contributed by atoms with E-state index in [0.717, 1.165) is 11.0 Å². The highest BCUT2D eigenvalue weighted by atomic mass is 32.2. The van der Waals surface area contributed by atoms with Gasteiger partial charge in [-0.3, -0.25) is 4.98 Å². The molecule has 0 aliphatic heterocycles. The fraction of sp³-hybridized carbons (Fsp3) is 0.250. The number of ether oxygens (including phenoxy) is 1. The first kappa shape index (κ1) is 14.2. The highest BCUT2D eigenvalue weighted by molar-refractivity contribution is 7.98. The van der Waals surface area contributed by atoms with E-state index in [1.807, 2.05) is 24.3 Å². The van der Waals surface area contributed by atoms with Crippen LogP contribution in [0.1, 0.15) is 14.0 Å². The topological polar surface area (TPSA) is 50.8 Å². The summed E-state index contributed by atoms with van der Waals surface area (Å²) in [5.41, 5.74) is 2.54. The van der Waals surface area contributed by atoms with Crippen molar-refractivity contribution in [3.8, 4) is 5.75 Å². The van der Waals surface area contributed by atoms with Gasteiger partial charge < -0.3 is 9.72 Å². The highest BCUT2D eigenvalue weighted by Gasteiger charge is 2.28. The maximum Gasteiger partial charge on any atom is 0.422 e. The van der Waals surface area contributed by atoms with Crippen molar-refractivity contribution in [1.29, 1.82) is 0 Å². The molecule has 0 aliphatic rings. The normalized spacial score (nSPS) is 13.7. The molecule has 8 heteroatoms. The second-order valence-electron chi connectivity index (χ2n) is 4.93. The molecule has 0 fully saturated rings. The fourth-order valence-corrected chi connectivity index (χ4v) is 2.97. The van der Waals surface area contributed by atoms with Crippen LogP contribution in [0, 0.1) is 6.92 Å². The summed E-state index contributed by atoms with van der Waals surface area (Å²) in [5, 5.41) is 0.657. The van der Waals surface area contributed by atoms with Gasteiger partial charge in [-0.1, -0.05) is 23.9 Å². The van der Waals surface area contributed by atoms with Gasteiger partial charge in [0.2, 0.25) is 0 Å². The molecule has 126 valence electrons. The summed E-state index contributed by atoms with van der Waals surface area (Å²) in [7, 11) is 0.